The van der Waals surface area contributed by atoms with E-state index in [0.717, 1.165) is 45.6 Å². The molecule has 0 bridgehead atoms. The summed E-state index contributed by atoms with van der Waals surface area (Å²) in [6.07, 6.45) is 3.56. The summed E-state index contributed by atoms with van der Waals surface area (Å²) >= 11 is 1.72. The second-order valence-electron chi connectivity index (χ2n) is 9.77. The number of carbonyl (C=O) groups excluding carboxylic acids is 1. The Kier molecular flexibility index (Phi) is 6.12. The van der Waals surface area contributed by atoms with Crippen LogP contribution < -0.4 is 0 Å². The number of halogens is 1. The predicted molar refractivity (Wildman–Crippen MR) is 135 cm³/mol. The van der Waals surface area contributed by atoms with Gasteiger partial charge in [0, 0.05) is 25.6 Å². The minimum absolute atomic E-state index is 0.0186. The Labute approximate surface area is 208 Å². The summed E-state index contributed by atoms with van der Waals surface area (Å²) in [4.78, 5) is 22.3. The highest BCUT2D eigenvalue weighted by Crippen LogP contribution is 2.37. The lowest BCUT2D eigenvalue weighted by Crippen LogP contribution is -2.38. The number of hydrogen-bond donors (Lipinski definition) is 0. The van der Waals surface area contributed by atoms with Gasteiger partial charge in [-0.25, -0.2) is 9.37 Å². The topological polar surface area (TPSA) is 49.6 Å². The van der Waals surface area contributed by atoms with Gasteiger partial charge in [-0.1, -0.05) is 18.2 Å². The summed E-state index contributed by atoms with van der Waals surface area (Å²) in [5, 5.41) is 4.35. The highest BCUT2D eigenvalue weighted by molar-refractivity contribution is 7.08. The number of likely N-dealkylation sites (tertiary alicyclic amines) is 2. The summed E-state index contributed by atoms with van der Waals surface area (Å²) in [6, 6.07) is 14.8. The number of thiophene rings is 1. The quantitative estimate of drug-likeness (QED) is 0.357. The van der Waals surface area contributed by atoms with Crippen LogP contribution in [0.5, 0.6) is 0 Å². The standard InChI is InChI=1S/C28H28FN3O2S/c29-23-6-4-19(5-7-23)20-8-11-31(12-9-20)14-22-15-32(16-25(22)21-10-13-35-17-21)28(33)24-2-1-3-26-27(24)34-18-30-26/h1-7,10,13,17-18,20,22,25H,8-9,11-12,14-16H2. The van der Waals surface area contributed by atoms with E-state index in [0.29, 0.717) is 34.4 Å². The molecule has 0 radical (unpaired) electrons. The minimum Gasteiger partial charge on any atom is -0.443 e. The monoisotopic (exact) mass is 489 g/mol. The van der Waals surface area contributed by atoms with Crippen molar-refractivity contribution >= 4 is 28.3 Å². The average Bonchev–Trinajstić information content (AvgIpc) is 3.65. The van der Waals surface area contributed by atoms with E-state index in [9.17, 15) is 9.18 Å². The number of amides is 1. The van der Waals surface area contributed by atoms with Crippen LogP contribution in [0.15, 0.2) is 70.1 Å². The fraction of sp³-hybridized carbons (Fsp3) is 0.357. The molecule has 35 heavy (non-hydrogen) atoms. The maximum atomic E-state index is 13.5. The van der Waals surface area contributed by atoms with Crippen LogP contribution in [-0.4, -0.2) is 53.4 Å². The molecule has 2 fully saturated rings. The zero-order valence-electron chi connectivity index (χ0n) is 19.5. The van der Waals surface area contributed by atoms with Gasteiger partial charge >= 0.3 is 0 Å². The van der Waals surface area contributed by atoms with E-state index in [-0.39, 0.29) is 11.7 Å². The number of fused-ring (bicyclic) bond motifs is 1. The summed E-state index contributed by atoms with van der Waals surface area (Å²) in [6.45, 7) is 4.49. The number of hydrogen-bond acceptors (Lipinski definition) is 5. The highest BCUT2D eigenvalue weighted by Gasteiger charge is 2.38. The SMILES string of the molecule is O=C(c1cccc2ncoc12)N1CC(CN2CCC(c3ccc(F)cc3)CC2)C(c2ccsc2)C1. The third-order valence-electron chi connectivity index (χ3n) is 7.71. The molecule has 2 aromatic carbocycles. The molecule has 2 atom stereocenters. The van der Waals surface area contributed by atoms with Crippen LogP contribution in [0.3, 0.4) is 0 Å². The molecule has 1 amide bonds. The summed E-state index contributed by atoms with van der Waals surface area (Å²) in [5.41, 5.74) is 4.43. The molecule has 0 spiro atoms. The van der Waals surface area contributed by atoms with Crippen molar-refractivity contribution in [3.8, 4) is 0 Å². The van der Waals surface area contributed by atoms with E-state index in [2.05, 4.69) is 26.7 Å². The lowest BCUT2D eigenvalue weighted by atomic mass is 9.87. The van der Waals surface area contributed by atoms with Crippen molar-refractivity contribution in [3.63, 3.8) is 0 Å². The molecule has 6 rings (SSSR count). The van der Waals surface area contributed by atoms with Crippen molar-refractivity contribution in [1.82, 2.24) is 14.8 Å². The number of piperidine rings is 1. The zero-order valence-corrected chi connectivity index (χ0v) is 20.3. The van der Waals surface area contributed by atoms with Crippen LogP contribution >= 0.6 is 11.3 Å². The molecule has 180 valence electrons. The Bertz CT molecular complexity index is 1300. The zero-order chi connectivity index (χ0) is 23.8. The molecule has 0 N–H and O–H groups in total. The van der Waals surface area contributed by atoms with Gasteiger partial charge in [0.15, 0.2) is 12.0 Å². The van der Waals surface area contributed by atoms with Crippen LogP contribution in [0.2, 0.25) is 0 Å². The maximum Gasteiger partial charge on any atom is 0.257 e. The Morgan fingerprint density at radius 3 is 2.66 bits per heavy atom. The fourth-order valence-electron chi connectivity index (χ4n) is 5.83. The van der Waals surface area contributed by atoms with E-state index in [1.165, 1.54) is 17.5 Å². The molecule has 2 unspecified atom stereocenters. The predicted octanol–water partition coefficient (Wildman–Crippen LogP) is 5.76. The molecule has 2 saturated heterocycles. The van der Waals surface area contributed by atoms with Gasteiger partial charge < -0.3 is 14.2 Å². The van der Waals surface area contributed by atoms with E-state index in [4.69, 9.17) is 4.42 Å². The van der Waals surface area contributed by atoms with Gasteiger partial charge in [0.1, 0.15) is 11.3 Å². The Morgan fingerprint density at radius 2 is 1.89 bits per heavy atom. The second kappa shape index (κ2) is 9.55. The minimum atomic E-state index is -0.175. The van der Waals surface area contributed by atoms with E-state index >= 15 is 0 Å². The number of carbonyl (C=O) groups is 1. The average molecular weight is 490 g/mol. The molecular weight excluding hydrogens is 461 g/mol. The normalized spacial score (nSPS) is 21.7. The first kappa shape index (κ1) is 22.4. The van der Waals surface area contributed by atoms with Crippen molar-refractivity contribution < 1.29 is 13.6 Å². The van der Waals surface area contributed by atoms with Crippen molar-refractivity contribution in [2.75, 3.05) is 32.7 Å². The van der Waals surface area contributed by atoms with Crippen molar-refractivity contribution in [1.29, 1.82) is 0 Å². The molecule has 0 aliphatic carbocycles. The van der Waals surface area contributed by atoms with Gasteiger partial charge in [0.05, 0.1) is 5.56 Å². The van der Waals surface area contributed by atoms with Gasteiger partial charge in [-0.2, -0.15) is 11.3 Å². The van der Waals surface area contributed by atoms with Gasteiger partial charge in [0.2, 0.25) is 0 Å². The summed E-state index contributed by atoms with van der Waals surface area (Å²) in [7, 11) is 0. The van der Waals surface area contributed by atoms with Crippen LogP contribution in [0, 0.1) is 11.7 Å². The van der Waals surface area contributed by atoms with Gasteiger partial charge in [-0.3, -0.25) is 4.79 Å². The van der Waals surface area contributed by atoms with Crippen molar-refractivity contribution in [2.24, 2.45) is 5.92 Å². The highest BCUT2D eigenvalue weighted by atomic mass is 32.1. The van der Waals surface area contributed by atoms with Crippen molar-refractivity contribution in [2.45, 2.75) is 24.7 Å². The maximum absolute atomic E-state index is 13.5. The molecule has 4 heterocycles. The van der Waals surface area contributed by atoms with Crippen LogP contribution in [-0.2, 0) is 0 Å². The molecule has 5 nitrogen and oxygen atoms in total. The third-order valence-corrected chi connectivity index (χ3v) is 8.41. The Hall–Kier alpha value is -3.03. The lowest BCUT2D eigenvalue weighted by molar-refractivity contribution is 0.0782. The molecule has 2 aromatic heterocycles. The third kappa shape index (κ3) is 4.50. The molecular formula is C28H28FN3O2S. The first-order chi connectivity index (χ1) is 17.2. The first-order valence-electron chi connectivity index (χ1n) is 12.3. The summed E-state index contributed by atoms with van der Waals surface area (Å²) in [5.74, 6) is 1.04. The number of nitrogens with zero attached hydrogens (tertiary/aromatic N) is 3. The van der Waals surface area contributed by atoms with Gasteiger partial charge in [-0.15, -0.1) is 0 Å². The lowest BCUT2D eigenvalue weighted by Gasteiger charge is -2.34. The van der Waals surface area contributed by atoms with Gasteiger partial charge in [-0.05, 0) is 90.0 Å². The number of aromatic nitrogens is 1. The number of benzene rings is 2. The van der Waals surface area contributed by atoms with Crippen LogP contribution in [0.1, 0.15) is 46.2 Å². The van der Waals surface area contributed by atoms with E-state index in [1.807, 2.05) is 35.2 Å². The molecule has 2 aliphatic heterocycles. The van der Waals surface area contributed by atoms with E-state index < -0.39 is 0 Å². The largest absolute Gasteiger partial charge is 0.443 e. The molecule has 0 saturated carbocycles. The van der Waals surface area contributed by atoms with Crippen LogP contribution in [0.25, 0.3) is 11.1 Å². The molecule has 2 aliphatic rings. The summed E-state index contributed by atoms with van der Waals surface area (Å²) < 4.78 is 18.9. The fourth-order valence-corrected chi connectivity index (χ4v) is 6.55. The molecule has 7 heteroatoms. The first-order valence-corrected chi connectivity index (χ1v) is 13.2. The second-order valence-corrected chi connectivity index (χ2v) is 10.5. The Balaban J connectivity index is 1.16. The van der Waals surface area contributed by atoms with Crippen molar-refractivity contribution in [3.05, 3.63) is 88.2 Å². The number of para-hydroxylation sites is 1. The van der Waals surface area contributed by atoms with E-state index in [1.54, 1.807) is 23.5 Å². The van der Waals surface area contributed by atoms with Crippen LogP contribution in [0.4, 0.5) is 4.39 Å². The number of rotatable bonds is 5. The number of oxazole rings is 1. The smallest absolute Gasteiger partial charge is 0.257 e. The van der Waals surface area contributed by atoms with Gasteiger partial charge in [0.25, 0.3) is 5.91 Å². The Morgan fingerprint density at radius 1 is 1.06 bits per heavy atom. The molecule has 4 aromatic rings.